The lowest BCUT2D eigenvalue weighted by molar-refractivity contribution is -0.111. The van der Waals surface area contributed by atoms with Gasteiger partial charge in [0.2, 0.25) is 15.9 Å². The number of rotatable bonds is 6. The first kappa shape index (κ1) is 21.5. The minimum atomic E-state index is -3.32. The number of hydrogen-bond acceptors (Lipinski definition) is 5. The molecule has 2 aromatic carbocycles. The monoisotopic (exact) mass is 419 g/mol. The molecule has 28 heavy (non-hydrogen) atoms. The van der Waals surface area contributed by atoms with Gasteiger partial charge in [-0.25, -0.2) is 8.42 Å². The van der Waals surface area contributed by atoms with E-state index in [4.69, 9.17) is 0 Å². The molecular weight excluding hydrogens is 398 g/mol. The van der Waals surface area contributed by atoms with Crippen molar-refractivity contribution in [1.82, 2.24) is 4.90 Å². The zero-order valence-electron chi connectivity index (χ0n) is 15.7. The first-order chi connectivity index (χ1) is 13.1. The first-order valence-corrected chi connectivity index (χ1v) is 10.9. The third-order valence-electron chi connectivity index (χ3n) is 3.33. The van der Waals surface area contributed by atoms with E-state index in [1.54, 1.807) is 68.7 Å². The summed E-state index contributed by atoms with van der Waals surface area (Å²) in [6.45, 7) is 0. The van der Waals surface area contributed by atoms with Gasteiger partial charge in [0, 0.05) is 36.4 Å². The maximum Gasteiger partial charge on any atom is 0.285 e. The van der Waals surface area contributed by atoms with E-state index in [1.807, 2.05) is 0 Å². The van der Waals surface area contributed by atoms with E-state index in [-0.39, 0.29) is 11.1 Å². The van der Waals surface area contributed by atoms with Crippen molar-refractivity contribution in [2.75, 3.05) is 30.4 Å². The molecule has 0 atom stereocenters. The van der Waals surface area contributed by atoms with Crippen molar-refractivity contribution in [1.29, 1.82) is 0 Å². The number of thioether (sulfide) groups is 1. The number of carbonyl (C=O) groups excluding carboxylic acids is 2. The molecule has 148 valence electrons. The highest BCUT2D eigenvalue weighted by atomic mass is 32.2. The number of hydrogen-bond donors (Lipinski definition) is 2. The van der Waals surface area contributed by atoms with Crippen LogP contribution in [0.3, 0.4) is 0 Å². The molecule has 0 radical (unpaired) electrons. The first-order valence-electron chi connectivity index (χ1n) is 8.18. The molecular formula is C19H21N3O4S2. The van der Waals surface area contributed by atoms with Crippen LogP contribution in [0.4, 0.5) is 16.2 Å². The minimum Gasteiger partial charge on any atom is -0.339 e. The molecule has 0 fully saturated rings. The third kappa shape index (κ3) is 7.45. The zero-order chi connectivity index (χ0) is 20.7. The van der Waals surface area contributed by atoms with Crippen molar-refractivity contribution < 1.29 is 18.0 Å². The standard InChI is InChI=1S/C19H21N3O4S2/c1-22(2)19(24)27-17-11-9-15(10-12-17)20-18(23)13-6-14-4-7-16(8-5-14)21-28(3,25)26/h4-13,21H,1-3H3,(H,20,23)/b13-6+. The van der Waals surface area contributed by atoms with Gasteiger partial charge in [-0.3, -0.25) is 14.3 Å². The van der Waals surface area contributed by atoms with E-state index in [1.165, 1.54) is 11.0 Å². The van der Waals surface area contributed by atoms with Gasteiger partial charge in [0.1, 0.15) is 0 Å². The highest BCUT2D eigenvalue weighted by Gasteiger charge is 2.07. The topological polar surface area (TPSA) is 95.6 Å². The second-order valence-corrected chi connectivity index (χ2v) is 8.88. The Hall–Kier alpha value is -2.78. The molecule has 0 heterocycles. The highest BCUT2D eigenvalue weighted by molar-refractivity contribution is 8.13. The maximum atomic E-state index is 12.0. The van der Waals surface area contributed by atoms with Crippen LogP contribution in [0.25, 0.3) is 6.08 Å². The van der Waals surface area contributed by atoms with E-state index in [9.17, 15) is 18.0 Å². The fraction of sp³-hybridized carbons (Fsp3) is 0.158. The maximum absolute atomic E-state index is 12.0. The molecule has 0 saturated heterocycles. The number of anilines is 2. The molecule has 0 aromatic heterocycles. The molecule has 0 spiro atoms. The molecule has 0 aliphatic rings. The fourth-order valence-electron chi connectivity index (χ4n) is 2.03. The Labute approximate surface area is 168 Å². The van der Waals surface area contributed by atoms with Crippen LogP contribution in [0.5, 0.6) is 0 Å². The summed E-state index contributed by atoms with van der Waals surface area (Å²) in [5, 5.41) is 2.66. The van der Waals surface area contributed by atoms with Crippen LogP contribution in [0.2, 0.25) is 0 Å². The van der Waals surface area contributed by atoms with Gasteiger partial charge in [0.15, 0.2) is 0 Å². The quantitative estimate of drug-likeness (QED) is 0.552. The molecule has 7 nitrogen and oxygen atoms in total. The van der Waals surface area contributed by atoms with Gasteiger partial charge in [0.05, 0.1) is 6.26 Å². The summed E-state index contributed by atoms with van der Waals surface area (Å²) in [4.78, 5) is 26.0. The number of amides is 2. The van der Waals surface area contributed by atoms with Gasteiger partial charge in [0.25, 0.3) is 5.24 Å². The third-order valence-corrected chi connectivity index (χ3v) is 4.99. The zero-order valence-corrected chi connectivity index (χ0v) is 17.3. The summed E-state index contributed by atoms with van der Waals surface area (Å²) in [6.07, 6.45) is 4.09. The van der Waals surface area contributed by atoms with Crippen molar-refractivity contribution >= 4 is 50.4 Å². The predicted molar refractivity (Wildman–Crippen MR) is 114 cm³/mol. The smallest absolute Gasteiger partial charge is 0.285 e. The van der Waals surface area contributed by atoms with Crippen LogP contribution in [0.1, 0.15) is 5.56 Å². The SMILES string of the molecule is CN(C)C(=O)Sc1ccc(NC(=O)/C=C/c2ccc(NS(C)(=O)=O)cc2)cc1. The Morgan fingerprint density at radius 1 is 0.964 bits per heavy atom. The summed E-state index contributed by atoms with van der Waals surface area (Å²) in [6, 6.07) is 13.6. The lowest BCUT2D eigenvalue weighted by Gasteiger charge is -2.09. The number of benzene rings is 2. The number of nitrogens with zero attached hydrogens (tertiary/aromatic N) is 1. The minimum absolute atomic E-state index is 0.0718. The van der Waals surface area contributed by atoms with Crippen molar-refractivity contribution in [3.05, 3.63) is 60.2 Å². The van der Waals surface area contributed by atoms with E-state index in [0.717, 1.165) is 28.5 Å². The molecule has 0 aliphatic carbocycles. The Morgan fingerprint density at radius 2 is 1.54 bits per heavy atom. The van der Waals surface area contributed by atoms with Gasteiger partial charge < -0.3 is 10.2 Å². The van der Waals surface area contributed by atoms with Crippen molar-refractivity contribution in [2.45, 2.75) is 4.90 Å². The van der Waals surface area contributed by atoms with Gasteiger partial charge in [-0.2, -0.15) is 0 Å². The largest absolute Gasteiger partial charge is 0.339 e. The summed E-state index contributed by atoms with van der Waals surface area (Å²) < 4.78 is 24.7. The van der Waals surface area contributed by atoms with E-state index in [2.05, 4.69) is 10.0 Å². The van der Waals surface area contributed by atoms with Gasteiger partial charge in [-0.05, 0) is 59.8 Å². The summed E-state index contributed by atoms with van der Waals surface area (Å²) >= 11 is 1.11. The summed E-state index contributed by atoms with van der Waals surface area (Å²) in [5.74, 6) is -0.303. The average molecular weight is 420 g/mol. The van der Waals surface area contributed by atoms with E-state index >= 15 is 0 Å². The van der Waals surface area contributed by atoms with Crippen molar-refractivity contribution in [2.24, 2.45) is 0 Å². The highest BCUT2D eigenvalue weighted by Crippen LogP contribution is 2.22. The second kappa shape index (κ2) is 9.43. The van der Waals surface area contributed by atoms with Crippen molar-refractivity contribution in [3.8, 4) is 0 Å². The molecule has 0 unspecified atom stereocenters. The molecule has 9 heteroatoms. The van der Waals surface area contributed by atoms with Crippen LogP contribution in [-0.2, 0) is 14.8 Å². The van der Waals surface area contributed by atoms with Gasteiger partial charge in [-0.1, -0.05) is 12.1 Å². The summed E-state index contributed by atoms with van der Waals surface area (Å²) in [7, 11) is 0.0538. The van der Waals surface area contributed by atoms with Crippen LogP contribution in [-0.4, -0.2) is 44.8 Å². The Kier molecular flexibility index (Phi) is 7.24. The Balaban J connectivity index is 1.91. The van der Waals surface area contributed by atoms with E-state index < -0.39 is 10.0 Å². The number of sulfonamides is 1. The molecule has 2 rings (SSSR count). The lowest BCUT2D eigenvalue weighted by atomic mass is 10.2. The molecule has 2 aromatic rings. The Bertz CT molecular complexity index is 967. The van der Waals surface area contributed by atoms with Crippen molar-refractivity contribution in [3.63, 3.8) is 0 Å². The molecule has 0 bridgehead atoms. The van der Waals surface area contributed by atoms with Gasteiger partial charge in [-0.15, -0.1) is 0 Å². The van der Waals surface area contributed by atoms with Gasteiger partial charge >= 0.3 is 0 Å². The average Bonchev–Trinajstić information content (AvgIpc) is 2.61. The Morgan fingerprint density at radius 3 is 2.07 bits per heavy atom. The van der Waals surface area contributed by atoms with Crippen LogP contribution >= 0.6 is 11.8 Å². The molecule has 0 aliphatic heterocycles. The molecule has 0 saturated carbocycles. The molecule has 2 N–H and O–H groups in total. The van der Waals surface area contributed by atoms with E-state index in [0.29, 0.717) is 11.4 Å². The number of nitrogens with one attached hydrogen (secondary N) is 2. The summed E-state index contributed by atoms with van der Waals surface area (Å²) in [5.41, 5.74) is 1.82. The predicted octanol–water partition coefficient (Wildman–Crippen LogP) is 3.48. The normalized spacial score (nSPS) is 11.2. The number of carbonyl (C=O) groups is 2. The van der Waals surface area contributed by atoms with Crippen LogP contribution < -0.4 is 10.0 Å². The second-order valence-electron chi connectivity index (χ2n) is 6.11. The fourth-order valence-corrected chi connectivity index (χ4v) is 3.25. The lowest BCUT2D eigenvalue weighted by Crippen LogP contribution is -2.16. The molecule has 2 amide bonds. The van der Waals surface area contributed by atoms with Crippen LogP contribution in [0, 0.1) is 0 Å². The van der Waals surface area contributed by atoms with Crippen LogP contribution in [0.15, 0.2) is 59.5 Å².